The summed E-state index contributed by atoms with van der Waals surface area (Å²) in [7, 11) is 1.76. The molecule has 126 valence electrons. The molecule has 0 bridgehead atoms. The van der Waals surface area contributed by atoms with Crippen LogP contribution < -0.4 is 0 Å². The summed E-state index contributed by atoms with van der Waals surface area (Å²) >= 11 is 0. The molecular formula is C17H30N2O3. The van der Waals surface area contributed by atoms with Crippen molar-refractivity contribution in [3.05, 3.63) is 0 Å². The van der Waals surface area contributed by atoms with E-state index in [0.29, 0.717) is 19.0 Å². The number of aliphatic hydroxyl groups is 1. The number of piperidine rings is 1. The molecule has 0 radical (unpaired) electrons. The highest BCUT2D eigenvalue weighted by atomic mass is 16.3. The maximum absolute atomic E-state index is 12.6. The number of carbonyl (C=O) groups excluding carboxylic acids is 2. The van der Waals surface area contributed by atoms with E-state index < -0.39 is 11.5 Å². The van der Waals surface area contributed by atoms with E-state index in [1.54, 1.807) is 11.9 Å². The zero-order valence-corrected chi connectivity index (χ0v) is 14.3. The highest BCUT2D eigenvalue weighted by molar-refractivity contribution is 5.83. The van der Waals surface area contributed by atoms with Gasteiger partial charge in [0.15, 0.2) is 0 Å². The zero-order valence-electron chi connectivity index (χ0n) is 14.3. The smallest absolute Gasteiger partial charge is 0.227 e. The van der Waals surface area contributed by atoms with Gasteiger partial charge in [-0.25, -0.2) is 0 Å². The van der Waals surface area contributed by atoms with E-state index in [1.807, 2.05) is 25.7 Å². The molecule has 5 heteroatoms. The molecule has 1 aliphatic carbocycles. The lowest BCUT2D eigenvalue weighted by Crippen LogP contribution is -2.49. The number of aliphatic hydroxyl groups excluding tert-OH is 1. The second-order valence-corrected chi connectivity index (χ2v) is 7.96. The normalized spacial score (nSPS) is 24.0. The largest absolute Gasteiger partial charge is 0.391 e. The minimum absolute atomic E-state index is 0.0612. The van der Waals surface area contributed by atoms with Gasteiger partial charge in [0, 0.05) is 32.1 Å². The second kappa shape index (κ2) is 6.57. The zero-order chi connectivity index (χ0) is 16.5. The lowest BCUT2D eigenvalue weighted by molar-refractivity contribution is -0.145. The molecule has 2 aliphatic rings. The van der Waals surface area contributed by atoms with Gasteiger partial charge in [-0.15, -0.1) is 0 Å². The average molecular weight is 310 g/mol. The van der Waals surface area contributed by atoms with Crippen LogP contribution in [0.3, 0.4) is 0 Å². The van der Waals surface area contributed by atoms with Gasteiger partial charge in [0.25, 0.3) is 0 Å². The van der Waals surface area contributed by atoms with Crippen molar-refractivity contribution >= 4 is 11.8 Å². The van der Waals surface area contributed by atoms with Crippen molar-refractivity contribution in [3.63, 3.8) is 0 Å². The molecule has 0 aromatic heterocycles. The van der Waals surface area contributed by atoms with Gasteiger partial charge in [-0.1, -0.05) is 20.8 Å². The van der Waals surface area contributed by atoms with Crippen LogP contribution in [0.4, 0.5) is 0 Å². The first-order chi connectivity index (χ1) is 10.2. The Kier molecular flexibility index (Phi) is 5.15. The van der Waals surface area contributed by atoms with Crippen LogP contribution in [0, 0.1) is 17.3 Å². The van der Waals surface area contributed by atoms with Gasteiger partial charge in [-0.2, -0.15) is 0 Å². The summed E-state index contributed by atoms with van der Waals surface area (Å²) in [6.45, 7) is 7.41. The van der Waals surface area contributed by atoms with Crippen LogP contribution in [0.2, 0.25) is 0 Å². The van der Waals surface area contributed by atoms with Crippen molar-refractivity contribution in [1.82, 2.24) is 9.80 Å². The number of amides is 2. The van der Waals surface area contributed by atoms with Gasteiger partial charge in [0.05, 0.1) is 12.0 Å². The molecular weight excluding hydrogens is 280 g/mol. The summed E-state index contributed by atoms with van der Waals surface area (Å²) in [6.07, 6.45) is 3.44. The van der Waals surface area contributed by atoms with Crippen molar-refractivity contribution in [3.8, 4) is 0 Å². The number of nitrogens with zero attached hydrogens (tertiary/aromatic N) is 2. The molecule has 2 fully saturated rings. The Morgan fingerprint density at radius 3 is 2.45 bits per heavy atom. The third-order valence-corrected chi connectivity index (χ3v) is 4.70. The molecule has 0 aromatic carbocycles. The molecule has 1 heterocycles. The Balaban J connectivity index is 1.90. The number of hydrogen-bond acceptors (Lipinski definition) is 3. The van der Waals surface area contributed by atoms with E-state index in [2.05, 4.69) is 0 Å². The van der Waals surface area contributed by atoms with E-state index >= 15 is 0 Å². The van der Waals surface area contributed by atoms with E-state index in [-0.39, 0.29) is 17.7 Å². The van der Waals surface area contributed by atoms with E-state index in [1.165, 1.54) is 0 Å². The van der Waals surface area contributed by atoms with Gasteiger partial charge in [0.1, 0.15) is 0 Å². The fraction of sp³-hybridized carbons (Fsp3) is 0.882. The first kappa shape index (κ1) is 17.3. The molecule has 1 saturated heterocycles. The van der Waals surface area contributed by atoms with Crippen LogP contribution in [0.15, 0.2) is 0 Å². The number of likely N-dealkylation sites (tertiary alicyclic amines) is 1. The summed E-state index contributed by atoms with van der Waals surface area (Å²) in [6, 6.07) is 0. The third-order valence-electron chi connectivity index (χ3n) is 4.70. The number of rotatable bonds is 4. The predicted molar refractivity (Wildman–Crippen MR) is 85.1 cm³/mol. The Morgan fingerprint density at radius 1 is 1.27 bits per heavy atom. The molecule has 5 nitrogen and oxygen atoms in total. The average Bonchev–Trinajstić information content (AvgIpc) is 3.29. The summed E-state index contributed by atoms with van der Waals surface area (Å²) < 4.78 is 0. The van der Waals surface area contributed by atoms with Crippen molar-refractivity contribution in [2.75, 3.05) is 26.7 Å². The molecule has 1 aliphatic heterocycles. The van der Waals surface area contributed by atoms with E-state index in [4.69, 9.17) is 0 Å². The summed E-state index contributed by atoms with van der Waals surface area (Å²) in [4.78, 5) is 28.4. The maximum Gasteiger partial charge on any atom is 0.227 e. The molecule has 1 saturated carbocycles. The van der Waals surface area contributed by atoms with Crippen molar-refractivity contribution in [2.24, 2.45) is 17.3 Å². The van der Waals surface area contributed by atoms with Crippen molar-refractivity contribution in [1.29, 1.82) is 0 Å². The lowest BCUT2D eigenvalue weighted by atomic mass is 9.90. The van der Waals surface area contributed by atoms with Crippen LogP contribution >= 0.6 is 0 Å². The van der Waals surface area contributed by atoms with Gasteiger partial charge in [-0.05, 0) is 31.6 Å². The van der Waals surface area contributed by atoms with Crippen LogP contribution in [0.25, 0.3) is 0 Å². The highest BCUT2D eigenvalue weighted by Gasteiger charge is 2.36. The predicted octanol–water partition coefficient (Wildman–Crippen LogP) is 1.50. The molecule has 0 aromatic rings. The van der Waals surface area contributed by atoms with Crippen molar-refractivity contribution < 1.29 is 14.7 Å². The molecule has 1 N–H and O–H groups in total. The molecule has 2 atom stereocenters. The van der Waals surface area contributed by atoms with Gasteiger partial charge in [0.2, 0.25) is 11.8 Å². The third kappa shape index (κ3) is 4.22. The summed E-state index contributed by atoms with van der Waals surface area (Å²) in [5, 5.41) is 10.00. The Labute approximate surface area is 133 Å². The number of hydrogen-bond donors (Lipinski definition) is 1. The van der Waals surface area contributed by atoms with Gasteiger partial charge < -0.3 is 14.9 Å². The van der Waals surface area contributed by atoms with Crippen molar-refractivity contribution in [2.45, 2.75) is 52.6 Å². The number of carbonyl (C=O) groups is 2. The van der Waals surface area contributed by atoms with E-state index in [0.717, 1.165) is 32.2 Å². The van der Waals surface area contributed by atoms with Crippen LogP contribution in [-0.4, -0.2) is 59.5 Å². The highest BCUT2D eigenvalue weighted by Crippen LogP contribution is 2.33. The Bertz CT molecular complexity index is 426. The monoisotopic (exact) mass is 310 g/mol. The first-order valence-corrected chi connectivity index (χ1v) is 8.42. The second-order valence-electron chi connectivity index (χ2n) is 7.96. The minimum Gasteiger partial charge on any atom is -0.391 e. The first-order valence-electron chi connectivity index (χ1n) is 8.42. The standard InChI is InChI=1S/C17H30N2O3/c1-17(2,3)16(22)19-9-5-6-13(10-19)15(21)18(4)11-14(20)12-7-8-12/h12-14,20H,5-11H2,1-4H3. The maximum atomic E-state index is 12.6. The van der Waals surface area contributed by atoms with Crippen LogP contribution in [0.5, 0.6) is 0 Å². The van der Waals surface area contributed by atoms with Gasteiger partial charge in [-0.3, -0.25) is 9.59 Å². The fourth-order valence-electron chi connectivity index (χ4n) is 3.15. The summed E-state index contributed by atoms with van der Waals surface area (Å²) in [5.74, 6) is 0.425. The van der Waals surface area contributed by atoms with Crippen LogP contribution in [-0.2, 0) is 9.59 Å². The topological polar surface area (TPSA) is 60.9 Å². The van der Waals surface area contributed by atoms with Crippen LogP contribution in [0.1, 0.15) is 46.5 Å². The Morgan fingerprint density at radius 2 is 1.91 bits per heavy atom. The molecule has 0 spiro atoms. The molecule has 22 heavy (non-hydrogen) atoms. The van der Waals surface area contributed by atoms with E-state index in [9.17, 15) is 14.7 Å². The fourth-order valence-corrected chi connectivity index (χ4v) is 3.15. The molecule has 2 amide bonds. The number of likely N-dealkylation sites (N-methyl/N-ethyl adjacent to an activating group) is 1. The van der Waals surface area contributed by atoms with Gasteiger partial charge >= 0.3 is 0 Å². The Hall–Kier alpha value is -1.10. The minimum atomic E-state index is -0.404. The molecule has 2 rings (SSSR count). The molecule has 2 unspecified atom stereocenters. The summed E-state index contributed by atoms with van der Waals surface area (Å²) in [5.41, 5.74) is -0.404. The quantitative estimate of drug-likeness (QED) is 0.856. The lowest BCUT2D eigenvalue weighted by Gasteiger charge is -2.37. The SMILES string of the molecule is CN(CC(O)C1CC1)C(=O)C1CCCN(C(=O)C(C)(C)C)C1.